The molecule has 0 spiro atoms. The normalized spacial score (nSPS) is 31.1. The van der Waals surface area contributed by atoms with Crippen LogP contribution in [-0.2, 0) is 4.74 Å². The Morgan fingerprint density at radius 1 is 1.42 bits per heavy atom. The third-order valence-corrected chi connectivity index (χ3v) is 4.26. The molecular weight excluding hydrogens is 318 g/mol. The van der Waals surface area contributed by atoms with E-state index in [1.807, 2.05) is 0 Å². The minimum Gasteiger partial charge on any atom is -0.394 e. The summed E-state index contributed by atoms with van der Waals surface area (Å²) in [5, 5.41) is 19.3. The number of aliphatic hydroxyl groups excluding tert-OH is 2. The molecule has 102 valence electrons. The lowest BCUT2D eigenvalue weighted by atomic mass is 10.2. The largest absolute Gasteiger partial charge is 0.394 e. The van der Waals surface area contributed by atoms with Crippen LogP contribution in [0.2, 0.25) is 0 Å². The smallest absolute Gasteiger partial charge is 0.167 e. The quantitative estimate of drug-likeness (QED) is 0.630. The van der Waals surface area contributed by atoms with Crippen molar-refractivity contribution >= 4 is 32.9 Å². The van der Waals surface area contributed by atoms with Gasteiger partial charge in [-0.25, -0.2) is 15.0 Å². The Morgan fingerprint density at radius 2 is 2.21 bits per heavy atom. The van der Waals surface area contributed by atoms with Crippen molar-refractivity contribution in [3.05, 3.63) is 12.7 Å². The summed E-state index contributed by atoms with van der Waals surface area (Å²) in [4.78, 5) is 11.7. The molecule has 4 atom stereocenters. The average molecular weight is 330 g/mol. The number of imidazole rings is 1. The summed E-state index contributed by atoms with van der Waals surface area (Å²) in [5.74, 6) is 0.269. The summed E-state index contributed by atoms with van der Waals surface area (Å²) >= 11 is 3.31. The third-order valence-electron chi connectivity index (χ3n) is 3.13. The number of hydrogen-bond acceptors (Lipinski definition) is 7. The van der Waals surface area contributed by atoms with E-state index in [0.29, 0.717) is 11.2 Å². The highest BCUT2D eigenvalue weighted by Gasteiger charge is 2.43. The van der Waals surface area contributed by atoms with Crippen LogP contribution in [0.4, 0.5) is 5.82 Å². The molecule has 1 fully saturated rings. The van der Waals surface area contributed by atoms with E-state index < -0.39 is 18.4 Å². The minimum absolute atomic E-state index is 0.187. The highest BCUT2D eigenvalue weighted by atomic mass is 79.9. The Bertz CT molecular complexity index is 606. The standard InChI is InChI=1S/C10H12BrN5O3/c11-5-4(1-17)19-10(7(5)18)16-3-15-6-8(12)13-2-14-9(6)16/h2-5,7,10,17-18H,1H2,(H2,12,13,14)/t4-,5-,7-,10-/m1/s1. The van der Waals surface area contributed by atoms with Crippen LogP contribution in [0.3, 0.4) is 0 Å². The van der Waals surface area contributed by atoms with Crippen molar-refractivity contribution in [2.75, 3.05) is 12.3 Å². The van der Waals surface area contributed by atoms with Gasteiger partial charge < -0.3 is 20.7 Å². The zero-order valence-corrected chi connectivity index (χ0v) is 11.3. The SMILES string of the molecule is Nc1ncnc2c1ncn2[C@@H]1O[C@H](CO)[C@@H](Br)[C@H]1O. The number of anilines is 1. The van der Waals surface area contributed by atoms with Crippen molar-refractivity contribution in [1.82, 2.24) is 19.5 Å². The molecule has 2 aromatic rings. The second-order valence-electron chi connectivity index (χ2n) is 4.27. The minimum atomic E-state index is -0.828. The number of aromatic nitrogens is 4. The van der Waals surface area contributed by atoms with Gasteiger partial charge in [0.1, 0.15) is 17.9 Å². The van der Waals surface area contributed by atoms with Gasteiger partial charge in [0.05, 0.1) is 23.9 Å². The molecule has 3 rings (SSSR count). The lowest BCUT2D eigenvalue weighted by Crippen LogP contribution is -2.28. The second kappa shape index (κ2) is 4.67. The Labute approximate surface area is 116 Å². The fourth-order valence-electron chi connectivity index (χ4n) is 2.14. The Balaban J connectivity index is 2.04. The number of nitrogens with two attached hydrogens (primary N) is 1. The molecule has 1 aliphatic rings. The van der Waals surface area contributed by atoms with Gasteiger partial charge >= 0.3 is 0 Å². The number of nitrogen functional groups attached to an aromatic ring is 1. The average Bonchev–Trinajstić information content (AvgIpc) is 2.94. The van der Waals surface area contributed by atoms with E-state index in [-0.39, 0.29) is 17.3 Å². The van der Waals surface area contributed by atoms with Crippen LogP contribution in [0.5, 0.6) is 0 Å². The molecule has 9 heteroatoms. The van der Waals surface area contributed by atoms with Crippen molar-refractivity contribution in [3.8, 4) is 0 Å². The topological polar surface area (TPSA) is 119 Å². The van der Waals surface area contributed by atoms with E-state index in [4.69, 9.17) is 10.5 Å². The summed E-state index contributed by atoms with van der Waals surface area (Å²) in [6.07, 6.45) is 0.818. The summed E-state index contributed by atoms with van der Waals surface area (Å²) in [7, 11) is 0. The van der Waals surface area contributed by atoms with Crippen molar-refractivity contribution in [2.24, 2.45) is 0 Å². The first-order chi connectivity index (χ1) is 9.13. The number of nitrogens with zero attached hydrogens (tertiary/aromatic N) is 4. The number of ether oxygens (including phenoxy) is 1. The van der Waals surface area contributed by atoms with Crippen molar-refractivity contribution < 1.29 is 14.9 Å². The highest BCUT2D eigenvalue weighted by molar-refractivity contribution is 9.09. The Hall–Kier alpha value is -1.29. The highest BCUT2D eigenvalue weighted by Crippen LogP contribution is 2.35. The molecule has 2 aromatic heterocycles. The number of alkyl halides is 1. The molecular formula is C10H12BrN5O3. The number of hydrogen-bond donors (Lipinski definition) is 3. The summed E-state index contributed by atoms with van der Waals surface area (Å²) < 4.78 is 7.19. The number of aliphatic hydroxyl groups is 2. The molecule has 0 radical (unpaired) electrons. The van der Waals surface area contributed by atoms with E-state index in [1.54, 1.807) is 4.57 Å². The molecule has 1 aliphatic heterocycles. The van der Waals surface area contributed by atoms with Gasteiger partial charge in [-0.05, 0) is 0 Å². The van der Waals surface area contributed by atoms with Crippen molar-refractivity contribution in [2.45, 2.75) is 23.3 Å². The van der Waals surface area contributed by atoms with E-state index in [2.05, 4.69) is 30.9 Å². The molecule has 0 bridgehead atoms. The fourth-order valence-corrected chi connectivity index (χ4v) is 2.69. The number of halogens is 1. The Kier molecular flexibility index (Phi) is 3.13. The summed E-state index contributed by atoms with van der Waals surface area (Å²) in [6, 6.07) is 0. The van der Waals surface area contributed by atoms with Crippen LogP contribution >= 0.6 is 15.9 Å². The van der Waals surface area contributed by atoms with Crippen molar-refractivity contribution in [3.63, 3.8) is 0 Å². The molecule has 0 unspecified atom stereocenters. The Morgan fingerprint density at radius 3 is 2.89 bits per heavy atom. The fraction of sp³-hybridized carbons (Fsp3) is 0.500. The maximum Gasteiger partial charge on any atom is 0.167 e. The van der Waals surface area contributed by atoms with Crippen LogP contribution in [0.1, 0.15) is 6.23 Å². The van der Waals surface area contributed by atoms with Crippen LogP contribution in [0.25, 0.3) is 11.2 Å². The number of fused-ring (bicyclic) bond motifs is 1. The molecule has 0 aromatic carbocycles. The van der Waals surface area contributed by atoms with Gasteiger partial charge in [-0.3, -0.25) is 4.57 Å². The first-order valence-electron chi connectivity index (χ1n) is 5.65. The van der Waals surface area contributed by atoms with Crippen LogP contribution in [-0.4, -0.2) is 53.4 Å². The van der Waals surface area contributed by atoms with Gasteiger partial charge in [-0.2, -0.15) is 0 Å². The molecule has 1 saturated heterocycles. The van der Waals surface area contributed by atoms with Crippen LogP contribution in [0, 0.1) is 0 Å². The summed E-state index contributed by atoms with van der Waals surface area (Å²) in [5.41, 5.74) is 6.64. The van der Waals surface area contributed by atoms with E-state index in [9.17, 15) is 10.2 Å². The second-order valence-corrected chi connectivity index (χ2v) is 5.32. The van der Waals surface area contributed by atoms with Crippen LogP contribution < -0.4 is 5.73 Å². The maximum absolute atomic E-state index is 10.2. The zero-order valence-electron chi connectivity index (χ0n) is 9.72. The lowest BCUT2D eigenvalue weighted by molar-refractivity contribution is -0.0486. The van der Waals surface area contributed by atoms with Crippen molar-refractivity contribution in [1.29, 1.82) is 0 Å². The molecule has 3 heterocycles. The first-order valence-corrected chi connectivity index (χ1v) is 6.56. The van der Waals surface area contributed by atoms with Gasteiger partial charge in [-0.15, -0.1) is 0 Å². The predicted octanol–water partition coefficient (Wildman–Crippen LogP) is -0.577. The van der Waals surface area contributed by atoms with Gasteiger partial charge in [0.25, 0.3) is 0 Å². The van der Waals surface area contributed by atoms with E-state index in [1.165, 1.54) is 12.7 Å². The molecule has 0 aliphatic carbocycles. The van der Waals surface area contributed by atoms with Gasteiger partial charge in [0.15, 0.2) is 17.7 Å². The number of rotatable bonds is 2. The molecule has 4 N–H and O–H groups in total. The van der Waals surface area contributed by atoms with Crippen LogP contribution in [0.15, 0.2) is 12.7 Å². The lowest BCUT2D eigenvalue weighted by Gasteiger charge is -2.16. The first kappa shape index (κ1) is 12.7. The van der Waals surface area contributed by atoms with Gasteiger partial charge in [0.2, 0.25) is 0 Å². The third kappa shape index (κ3) is 1.89. The van der Waals surface area contributed by atoms with E-state index in [0.717, 1.165) is 0 Å². The van der Waals surface area contributed by atoms with Gasteiger partial charge in [-0.1, -0.05) is 15.9 Å². The molecule has 19 heavy (non-hydrogen) atoms. The zero-order chi connectivity index (χ0) is 13.6. The van der Waals surface area contributed by atoms with E-state index >= 15 is 0 Å². The van der Waals surface area contributed by atoms with Gasteiger partial charge in [0, 0.05) is 0 Å². The maximum atomic E-state index is 10.2. The molecule has 0 saturated carbocycles. The summed E-state index contributed by atoms with van der Waals surface area (Å²) in [6.45, 7) is -0.187. The predicted molar refractivity (Wildman–Crippen MR) is 69.5 cm³/mol. The monoisotopic (exact) mass is 329 g/mol. The molecule has 0 amide bonds. The molecule has 8 nitrogen and oxygen atoms in total.